The monoisotopic (exact) mass is 393 g/mol. The van der Waals surface area contributed by atoms with E-state index in [1.807, 2.05) is 0 Å². The second kappa shape index (κ2) is 13.6. The van der Waals surface area contributed by atoms with E-state index in [-0.39, 0.29) is 0 Å². The predicted molar refractivity (Wildman–Crippen MR) is 111 cm³/mol. The van der Waals surface area contributed by atoms with Gasteiger partial charge in [-0.25, -0.2) is 0 Å². The second-order valence-corrected chi connectivity index (χ2v) is 17.7. The van der Waals surface area contributed by atoms with Crippen molar-refractivity contribution in [1.82, 2.24) is 10.6 Å². The maximum atomic E-state index is 6.54. The first-order valence-corrected chi connectivity index (χ1v) is 17.3. The summed E-state index contributed by atoms with van der Waals surface area (Å²) in [5, 5.41) is 6.69. The molecule has 6 N–H and O–H groups in total. The predicted octanol–water partition coefficient (Wildman–Crippen LogP) is 1.42. The summed E-state index contributed by atoms with van der Waals surface area (Å²) in [4.78, 5) is 0. The molecule has 0 fully saturated rings. The quantitative estimate of drug-likeness (QED) is 0.234. The minimum Gasteiger partial charge on any atom is -0.437 e. The molecule has 0 saturated heterocycles. The Balaban J connectivity index is 4.02. The van der Waals surface area contributed by atoms with Gasteiger partial charge >= 0.3 is 8.56 Å². The molecule has 0 aromatic rings. The zero-order valence-corrected chi connectivity index (χ0v) is 19.5. The number of nitrogens with one attached hydrogen (secondary N) is 2. The lowest BCUT2D eigenvalue weighted by molar-refractivity contribution is 0.396. The number of rotatable bonds is 16. The van der Waals surface area contributed by atoms with Gasteiger partial charge in [-0.2, -0.15) is 0 Å². The van der Waals surface area contributed by atoms with Crippen molar-refractivity contribution < 1.29 is 8.23 Å². The van der Waals surface area contributed by atoms with Crippen LogP contribution in [-0.4, -0.2) is 65.2 Å². The van der Waals surface area contributed by atoms with Crippen LogP contribution < -0.4 is 22.1 Å². The lowest BCUT2D eigenvalue weighted by Crippen LogP contribution is -2.49. The summed E-state index contributed by atoms with van der Waals surface area (Å²) in [5.74, 6) is 0. The van der Waals surface area contributed by atoms with Crippen LogP contribution in [0.4, 0.5) is 0 Å². The summed E-state index contributed by atoms with van der Waals surface area (Å²) in [6.07, 6.45) is 2.31. The molecule has 0 aliphatic heterocycles. The van der Waals surface area contributed by atoms with Gasteiger partial charge in [-0.15, -0.1) is 0 Å². The Kier molecular flexibility index (Phi) is 13.8. The average molecular weight is 394 g/mol. The molecule has 0 bridgehead atoms. The summed E-state index contributed by atoms with van der Waals surface area (Å²) >= 11 is 0. The summed E-state index contributed by atoms with van der Waals surface area (Å²) in [6.45, 7) is 16.6. The molecule has 0 unspecified atom stereocenters. The van der Waals surface area contributed by atoms with E-state index in [0.29, 0.717) is 13.1 Å². The summed E-state index contributed by atoms with van der Waals surface area (Å²) in [5.41, 5.74) is 11.0. The molecule has 9 heteroatoms. The topological polar surface area (TPSA) is 94.6 Å². The van der Waals surface area contributed by atoms with Crippen LogP contribution in [0.2, 0.25) is 44.8 Å². The van der Waals surface area contributed by atoms with Gasteiger partial charge in [0, 0.05) is 26.2 Å². The van der Waals surface area contributed by atoms with E-state index in [9.17, 15) is 0 Å². The highest BCUT2D eigenvalue weighted by Gasteiger charge is 2.35. The summed E-state index contributed by atoms with van der Waals surface area (Å²) in [6, 6.07) is 2.33. The van der Waals surface area contributed by atoms with Crippen molar-refractivity contribution in [1.29, 1.82) is 0 Å². The molecule has 0 aliphatic carbocycles. The first-order chi connectivity index (χ1) is 11.2. The van der Waals surface area contributed by atoms with E-state index in [1.54, 1.807) is 0 Å². The fraction of sp³-hybridized carbons (Fsp3) is 1.00. The highest BCUT2D eigenvalue weighted by Crippen LogP contribution is 2.22. The van der Waals surface area contributed by atoms with E-state index in [2.05, 4.69) is 43.4 Å². The first-order valence-electron chi connectivity index (χ1n) is 9.25. The third kappa shape index (κ3) is 14.7. The molecule has 0 spiro atoms. The molecule has 0 aliphatic rings. The van der Waals surface area contributed by atoms with Gasteiger partial charge in [-0.05, 0) is 70.8 Å². The smallest absolute Gasteiger partial charge is 0.311 e. The molecule has 0 saturated carbocycles. The third-order valence-corrected chi connectivity index (χ3v) is 13.8. The first kappa shape index (κ1) is 24.4. The molecule has 6 nitrogen and oxygen atoms in total. The van der Waals surface area contributed by atoms with Crippen molar-refractivity contribution in [2.45, 2.75) is 57.7 Å². The van der Waals surface area contributed by atoms with Gasteiger partial charge in [0.05, 0.1) is 0 Å². The minimum absolute atomic E-state index is 0.703. The van der Waals surface area contributed by atoms with E-state index in [0.717, 1.165) is 45.1 Å². The third-order valence-electron chi connectivity index (χ3n) is 3.60. The van der Waals surface area contributed by atoms with E-state index >= 15 is 0 Å². The van der Waals surface area contributed by atoms with E-state index in [4.69, 9.17) is 19.7 Å². The van der Waals surface area contributed by atoms with Crippen molar-refractivity contribution in [2.75, 3.05) is 39.3 Å². The maximum Gasteiger partial charge on any atom is 0.311 e. The largest absolute Gasteiger partial charge is 0.437 e. The number of nitrogens with two attached hydrogens (primary N) is 2. The van der Waals surface area contributed by atoms with Crippen LogP contribution in [0.25, 0.3) is 0 Å². The standard InChI is InChI=1S/C15H41N4O2Si3/c1-22(14-6-10-18-12-8-16)20-24(4,5)21-23(2,3)15-7-11-19-13-9-17/h18-19H,6-17H2,1-5H3. The van der Waals surface area contributed by atoms with Gasteiger partial charge in [0.1, 0.15) is 0 Å². The Hall–Kier alpha value is 0.411. The maximum absolute atomic E-state index is 6.54. The van der Waals surface area contributed by atoms with E-state index < -0.39 is 25.9 Å². The Bertz CT molecular complexity index is 310. The summed E-state index contributed by atoms with van der Waals surface area (Å²) in [7, 11) is -4.46. The minimum atomic E-state index is -2.03. The SMILES string of the molecule is C[Si](CCCNCCN)O[Si](C)(C)O[Si](C)(C)CCCNCCN. The Morgan fingerprint density at radius 1 is 0.875 bits per heavy atom. The van der Waals surface area contributed by atoms with E-state index in [1.165, 1.54) is 6.04 Å². The van der Waals surface area contributed by atoms with Gasteiger partial charge in [0.15, 0.2) is 17.4 Å². The van der Waals surface area contributed by atoms with Crippen LogP contribution >= 0.6 is 0 Å². The molecule has 1 radical (unpaired) electrons. The highest BCUT2D eigenvalue weighted by molar-refractivity contribution is 6.84. The zero-order valence-electron chi connectivity index (χ0n) is 16.5. The lowest BCUT2D eigenvalue weighted by Gasteiger charge is -2.35. The van der Waals surface area contributed by atoms with Gasteiger partial charge in [0.2, 0.25) is 0 Å². The highest BCUT2D eigenvalue weighted by atomic mass is 28.5. The lowest BCUT2D eigenvalue weighted by atomic mass is 10.5. The Morgan fingerprint density at radius 3 is 1.96 bits per heavy atom. The fourth-order valence-electron chi connectivity index (χ4n) is 2.76. The fourth-order valence-corrected chi connectivity index (χ4v) is 14.5. The molecule has 0 aromatic heterocycles. The van der Waals surface area contributed by atoms with Crippen LogP contribution in [0.1, 0.15) is 12.8 Å². The number of hydrogen-bond acceptors (Lipinski definition) is 6. The second-order valence-electron chi connectivity index (χ2n) is 7.35. The van der Waals surface area contributed by atoms with Crippen molar-refractivity contribution >= 4 is 25.9 Å². The van der Waals surface area contributed by atoms with Crippen LogP contribution in [0.3, 0.4) is 0 Å². The van der Waals surface area contributed by atoms with Crippen LogP contribution in [-0.2, 0) is 8.23 Å². The normalized spacial score (nSPS) is 13.0. The van der Waals surface area contributed by atoms with Crippen molar-refractivity contribution in [3.63, 3.8) is 0 Å². The van der Waals surface area contributed by atoms with Crippen LogP contribution in [0, 0.1) is 0 Å². The molecule has 0 aromatic carbocycles. The number of hydrogen-bond donors (Lipinski definition) is 4. The molecule has 0 heterocycles. The van der Waals surface area contributed by atoms with Gasteiger partial charge in [-0.3, -0.25) is 0 Å². The van der Waals surface area contributed by atoms with Crippen LogP contribution in [0.5, 0.6) is 0 Å². The van der Waals surface area contributed by atoms with Crippen molar-refractivity contribution in [3.05, 3.63) is 0 Å². The molecular formula is C15H41N4O2Si3. The Morgan fingerprint density at radius 2 is 1.42 bits per heavy atom. The molecule has 24 heavy (non-hydrogen) atoms. The van der Waals surface area contributed by atoms with Gasteiger partial charge in [0.25, 0.3) is 0 Å². The van der Waals surface area contributed by atoms with Gasteiger partial charge < -0.3 is 30.3 Å². The summed E-state index contributed by atoms with van der Waals surface area (Å²) < 4.78 is 12.9. The van der Waals surface area contributed by atoms with Crippen molar-refractivity contribution in [2.24, 2.45) is 11.5 Å². The average Bonchev–Trinajstić information content (AvgIpc) is 2.45. The molecule has 0 rings (SSSR count). The molecule has 0 atom stereocenters. The molecule has 145 valence electrons. The van der Waals surface area contributed by atoms with Crippen LogP contribution in [0.15, 0.2) is 0 Å². The molecular weight excluding hydrogens is 352 g/mol. The van der Waals surface area contributed by atoms with Gasteiger partial charge in [-0.1, -0.05) is 0 Å². The Labute approximate surface area is 153 Å². The van der Waals surface area contributed by atoms with Crippen molar-refractivity contribution in [3.8, 4) is 0 Å². The molecule has 0 amide bonds. The zero-order chi connectivity index (χ0) is 18.5.